The molecule has 22 heavy (non-hydrogen) atoms. The summed E-state index contributed by atoms with van der Waals surface area (Å²) in [6.07, 6.45) is 3.97. The van der Waals surface area contributed by atoms with Gasteiger partial charge in [0, 0.05) is 25.0 Å². The van der Waals surface area contributed by atoms with Crippen molar-refractivity contribution in [3.05, 3.63) is 65.5 Å². The number of pyridine rings is 1. The van der Waals surface area contributed by atoms with Crippen molar-refractivity contribution in [2.45, 2.75) is 25.5 Å². The molecule has 2 rings (SSSR count). The smallest absolute Gasteiger partial charge is 0.0991 e. The molecule has 1 aromatic heterocycles. The van der Waals surface area contributed by atoms with Crippen LogP contribution in [0.4, 0.5) is 0 Å². The van der Waals surface area contributed by atoms with Crippen molar-refractivity contribution in [1.29, 1.82) is 5.26 Å². The van der Waals surface area contributed by atoms with Crippen molar-refractivity contribution in [1.82, 2.24) is 9.88 Å². The molecule has 4 nitrogen and oxygen atoms in total. The van der Waals surface area contributed by atoms with Crippen LogP contribution in [0, 0.1) is 11.3 Å². The summed E-state index contributed by atoms with van der Waals surface area (Å²) in [6, 6.07) is 13.4. The Balaban J connectivity index is 2.06. The Morgan fingerprint density at radius 2 is 1.77 bits per heavy atom. The molecule has 1 aromatic carbocycles. The third-order valence-corrected chi connectivity index (χ3v) is 3.90. The van der Waals surface area contributed by atoms with Gasteiger partial charge in [0.1, 0.15) is 0 Å². The zero-order chi connectivity index (χ0) is 15.9. The zero-order valence-electron chi connectivity index (χ0n) is 13.0. The van der Waals surface area contributed by atoms with Gasteiger partial charge < -0.3 is 5.11 Å². The molecule has 0 fully saturated rings. The molecular weight excluding hydrogens is 274 g/mol. The number of hydrogen-bond donors (Lipinski definition) is 1. The molecule has 4 heteroatoms. The van der Waals surface area contributed by atoms with Gasteiger partial charge in [-0.25, -0.2) is 0 Å². The summed E-state index contributed by atoms with van der Waals surface area (Å²) in [5, 5.41) is 19.2. The highest BCUT2D eigenvalue weighted by Crippen LogP contribution is 2.25. The van der Waals surface area contributed by atoms with E-state index >= 15 is 0 Å². The fourth-order valence-electron chi connectivity index (χ4n) is 2.67. The monoisotopic (exact) mass is 295 g/mol. The third kappa shape index (κ3) is 3.91. The molecule has 0 spiro atoms. The first-order valence-corrected chi connectivity index (χ1v) is 7.44. The number of likely N-dealkylation sites (N-methyl/N-ethyl adjacent to an activating group) is 1. The van der Waals surface area contributed by atoms with Gasteiger partial charge in [-0.15, -0.1) is 0 Å². The van der Waals surface area contributed by atoms with E-state index in [4.69, 9.17) is 5.26 Å². The topological polar surface area (TPSA) is 60.1 Å². The predicted octanol–water partition coefficient (Wildman–Crippen LogP) is 3.07. The van der Waals surface area contributed by atoms with Gasteiger partial charge in [-0.2, -0.15) is 5.26 Å². The second kappa shape index (κ2) is 7.69. The number of aromatic nitrogens is 1. The maximum atomic E-state index is 10.4. The molecule has 1 heterocycles. The SMILES string of the molecule is CCC(c1ccncc1)N(C)CC(O)c1ccc(C#N)cc1. The molecule has 2 aromatic rings. The first-order chi connectivity index (χ1) is 10.7. The van der Waals surface area contributed by atoms with Crippen LogP contribution in [-0.2, 0) is 0 Å². The minimum atomic E-state index is -0.575. The Labute approximate surface area is 131 Å². The third-order valence-electron chi connectivity index (χ3n) is 3.90. The molecular formula is C18H21N3O. The molecule has 0 aliphatic heterocycles. The Bertz CT molecular complexity index is 619. The minimum absolute atomic E-state index is 0.246. The van der Waals surface area contributed by atoms with Gasteiger partial charge in [0.15, 0.2) is 0 Å². The van der Waals surface area contributed by atoms with E-state index in [-0.39, 0.29) is 6.04 Å². The average Bonchev–Trinajstić information content (AvgIpc) is 2.56. The lowest BCUT2D eigenvalue weighted by atomic mass is 10.0. The lowest BCUT2D eigenvalue weighted by molar-refractivity contribution is 0.103. The van der Waals surface area contributed by atoms with E-state index < -0.39 is 6.10 Å². The average molecular weight is 295 g/mol. The van der Waals surface area contributed by atoms with Crippen LogP contribution in [0.15, 0.2) is 48.8 Å². The van der Waals surface area contributed by atoms with Crippen molar-refractivity contribution < 1.29 is 5.11 Å². The Kier molecular flexibility index (Phi) is 5.65. The lowest BCUT2D eigenvalue weighted by Gasteiger charge is -2.29. The number of nitriles is 1. The van der Waals surface area contributed by atoms with Crippen LogP contribution >= 0.6 is 0 Å². The van der Waals surface area contributed by atoms with E-state index in [2.05, 4.69) is 22.9 Å². The van der Waals surface area contributed by atoms with Gasteiger partial charge in [0.25, 0.3) is 0 Å². The van der Waals surface area contributed by atoms with Crippen LogP contribution < -0.4 is 0 Å². The number of aliphatic hydroxyl groups is 1. The molecule has 0 amide bonds. The maximum Gasteiger partial charge on any atom is 0.0991 e. The number of rotatable bonds is 6. The van der Waals surface area contributed by atoms with Gasteiger partial charge >= 0.3 is 0 Å². The van der Waals surface area contributed by atoms with E-state index in [0.717, 1.165) is 12.0 Å². The molecule has 0 aliphatic carbocycles. The summed E-state index contributed by atoms with van der Waals surface area (Å²) in [5.74, 6) is 0. The van der Waals surface area contributed by atoms with Crippen molar-refractivity contribution in [3.8, 4) is 6.07 Å². The van der Waals surface area contributed by atoms with Gasteiger partial charge in [-0.1, -0.05) is 19.1 Å². The van der Waals surface area contributed by atoms with Crippen molar-refractivity contribution in [2.75, 3.05) is 13.6 Å². The number of nitrogens with zero attached hydrogens (tertiary/aromatic N) is 3. The molecule has 0 bridgehead atoms. The normalized spacial score (nSPS) is 13.6. The van der Waals surface area contributed by atoms with Crippen LogP contribution in [0.1, 0.15) is 42.2 Å². The minimum Gasteiger partial charge on any atom is -0.387 e. The second-order valence-electron chi connectivity index (χ2n) is 5.39. The summed E-state index contributed by atoms with van der Waals surface area (Å²) in [6.45, 7) is 2.67. The lowest BCUT2D eigenvalue weighted by Crippen LogP contribution is -2.29. The molecule has 0 radical (unpaired) electrons. The van der Waals surface area contributed by atoms with E-state index in [0.29, 0.717) is 12.1 Å². The van der Waals surface area contributed by atoms with Gasteiger partial charge in [-0.3, -0.25) is 9.88 Å². The zero-order valence-corrected chi connectivity index (χ0v) is 13.0. The summed E-state index contributed by atoms with van der Waals surface area (Å²) < 4.78 is 0. The fourth-order valence-corrected chi connectivity index (χ4v) is 2.67. The molecule has 1 N–H and O–H groups in total. The standard InChI is InChI=1S/C18H21N3O/c1-3-17(15-8-10-20-11-9-15)21(2)13-18(22)16-6-4-14(12-19)5-7-16/h4-11,17-18,22H,3,13H2,1-2H3. The van der Waals surface area contributed by atoms with Gasteiger partial charge in [0.05, 0.1) is 17.7 Å². The number of aliphatic hydroxyl groups excluding tert-OH is 1. The van der Waals surface area contributed by atoms with Crippen LogP contribution in [0.2, 0.25) is 0 Å². The second-order valence-corrected chi connectivity index (χ2v) is 5.39. The van der Waals surface area contributed by atoms with Crippen LogP contribution in [-0.4, -0.2) is 28.6 Å². The Hall–Kier alpha value is -2.22. The Morgan fingerprint density at radius 1 is 1.14 bits per heavy atom. The fraction of sp³-hybridized carbons (Fsp3) is 0.333. The highest BCUT2D eigenvalue weighted by Gasteiger charge is 2.18. The Morgan fingerprint density at radius 3 is 2.32 bits per heavy atom. The predicted molar refractivity (Wildman–Crippen MR) is 86.0 cm³/mol. The highest BCUT2D eigenvalue weighted by molar-refractivity contribution is 5.32. The van der Waals surface area contributed by atoms with E-state index in [1.807, 2.05) is 31.3 Å². The van der Waals surface area contributed by atoms with Crippen LogP contribution in [0.5, 0.6) is 0 Å². The summed E-state index contributed by atoms with van der Waals surface area (Å²) >= 11 is 0. The first-order valence-electron chi connectivity index (χ1n) is 7.44. The molecule has 2 atom stereocenters. The van der Waals surface area contributed by atoms with E-state index in [9.17, 15) is 5.11 Å². The molecule has 114 valence electrons. The van der Waals surface area contributed by atoms with Crippen LogP contribution in [0.3, 0.4) is 0 Å². The summed E-state index contributed by atoms with van der Waals surface area (Å²) in [7, 11) is 2.02. The summed E-state index contributed by atoms with van der Waals surface area (Å²) in [4.78, 5) is 6.20. The number of benzene rings is 1. The molecule has 0 saturated heterocycles. The summed E-state index contributed by atoms with van der Waals surface area (Å²) in [5.41, 5.74) is 2.63. The highest BCUT2D eigenvalue weighted by atomic mass is 16.3. The van der Waals surface area contributed by atoms with E-state index in [1.165, 1.54) is 5.56 Å². The van der Waals surface area contributed by atoms with Crippen LogP contribution in [0.25, 0.3) is 0 Å². The van der Waals surface area contributed by atoms with E-state index in [1.54, 1.807) is 24.5 Å². The largest absolute Gasteiger partial charge is 0.387 e. The van der Waals surface area contributed by atoms with Crippen molar-refractivity contribution in [3.63, 3.8) is 0 Å². The molecule has 0 saturated carbocycles. The molecule has 0 aliphatic rings. The number of hydrogen-bond acceptors (Lipinski definition) is 4. The van der Waals surface area contributed by atoms with Gasteiger partial charge in [0.2, 0.25) is 0 Å². The van der Waals surface area contributed by atoms with Crippen molar-refractivity contribution in [2.24, 2.45) is 0 Å². The molecule has 2 unspecified atom stereocenters. The van der Waals surface area contributed by atoms with Crippen molar-refractivity contribution >= 4 is 0 Å². The quantitative estimate of drug-likeness (QED) is 0.889. The van der Waals surface area contributed by atoms with Gasteiger partial charge in [-0.05, 0) is 48.9 Å². The maximum absolute atomic E-state index is 10.4. The first kappa shape index (κ1) is 16.2.